The van der Waals surface area contributed by atoms with Crippen molar-refractivity contribution in [3.8, 4) is 0 Å². The third-order valence-corrected chi connectivity index (χ3v) is 3.69. The molecule has 1 aromatic heterocycles. The van der Waals surface area contributed by atoms with E-state index in [1.165, 1.54) is 12.5 Å². The first-order chi connectivity index (χ1) is 9.11. The van der Waals surface area contributed by atoms with Gasteiger partial charge >= 0.3 is 6.03 Å². The van der Waals surface area contributed by atoms with E-state index in [9.17, 15) is 14.4 Å². The Balaban J connectivity index is 1.68. The monoisotopic (exact) mass is 263 g/mol. The summed E-state index contributed by atoms with van der Waals surface area (Å²) in [5.74, 6) is -0.416. The molecule has 0 saturated carbocycles. The summed E-state index contributed by atoms with van der Waals surface area (Å²) in [7, 11) is 0. The number of piperidine rings is 1. The standard InChI is InChI=1S/C12H13N3O4/c16-9(8-1-6-19-7-8)15-4-2-12(3-5-15)10(17)13-11(18)14-12/h1,6-7H,2-5H2,(H2,13,14,17,18). The van der Waals surface area contributed by atoms with Gasteiger partial charge in [-0.25, -0.2) is 4.79 Å². The number of nitrogens with zero attached hydrogens (tertiary/aromatic N) is 1. The summed E-state index contributed by atoms with van der Waals surface area (Å²) in [6.45, 7) is 0.857. The summed E-state index contributed by atoms with van der Waals surface area (Å²) in [5.41, 5.74) is -0.347. The lowest BCUT2D eigenvalue weighted by Crippen LogP contribution is -2.55. The van der Waals surface area contributed by atoms with Crippen LogP contribution in [0.5, 0.6) is 0 Å². The summed E-state index contributed by atoms with van der Waals surface area (Å²) in [6, 6.07) is 1.15. The Morgan fingerprint density at radius 2 is 2.05 bits per heavy atom. The number of carbonyl (C=O) groups is 3. The number of rotatable bonds is 1. The van der Waals surface area contributed by atoms with E-state index in [-0.39, 0.29) is 11.8 Å². The van der Waals surface area contributed by atoms with Crippen molar-refractivity contribution in [3.05, 3.63) is 24.2 Å². The van der Waals surface area contributed by atoms with E-state index in [1.54, 1.807) is 11.0 Å². The number of hydrogen-bond acceptors (Lipinski definition) is 4. The van der Waals surface area contributed by atoms with E-state index in [1.807, 2.05) is 0 Å². The Morgan fingerprint density at radius 3 is 2.58 bits per heavy atom. The summed E-state index contributed by atoms with van der Waals surface area (Å²) < 4.78 is 4.88. The van der Waals surface area contributed by atoms with Crippen LogP contribution in [-0.2, 0) is 4.79 Å². The minimum Gasteiger partial charge on any atom is -0.472 e. The molecule has 2 N–H and O–H groups in total. The number of imide groups is 1. The highest BCUT2D eigenvalue weighted by Crippen LogP contribution is 2.26. The van der Waals surface area contributed by atoms with E-state index in [0.717, 1.165) is 0 Å². The van der Waals surface area contributed by atoms with E-state index in [0.29, 0.717) is 31.5 Å². The lowest BCUT2D eigenvalue weighted by atomic mass is 9.87. The lowest BCUT2D eigenvalue weighted by molar-refractivity contribution is -0.125. The molecule has 2 aliphatic rings. The van der Waals surface area contributed by atoms with Gasteiger partial charge in [0.2, 0.25) is 0 Å². The van der Waals surface area contributed by atoms with Crippen molar-refractivity contribution in [2.75, 3.05) is 13.1 Å². The van der Waals surface area contributed by atoms with Crippen LogP contribution in [0.15, 0.2) is 23.0 Å². The molecule has 100 valence electrons. The van der Waals surface area contributed by atoms with E-state index < -0.39 is 11.6 Å². The fourth-order valence-corrected chi connectivity index (χ4v) is 2.54. The van der Waals surface area contributed by atoms with Crippen LogP contribution in [0.4, 0.5) is 4.79 Å². The first-order valence-electron chi connectivity index (χ1n) is 6.06. The van der Waals surface area contributed by atoms with Crippen molar-refractivity contribution in [3.63, 3.8) is 0 Å². The molecule has 1 spiro atoms. The van der Waals surface area contributed by atoms with Gasteiger partial charge in [0.15, 0.2) is 0 Å². The molecule has 4 amide bonds. The van der Waals surface area contributed by atoms with Crippen LogP contribution in [-0.4, -0.2) is 41.4 Å². The van der Waals surface area contributed by atoms with Gasteiger partial charge < -0.3 is 14.6 Å². The van der Waals surface area contributed by atoms with Crippen molar-refractivity contribution in [2.45, 2.75) is 18.4 Å². The van der Waals surface area contributed by atoms with Crippen LogP contribution in [0, 0.1) is 0 Å². The summed E-state index contributed by atoms with van der Waals surface area (Å²) in [6.07, 6.45) is 3.70. The fraction of sp³-hybridized carbons (Fsp3) is 0.417. The number of furan rings is 1. The minimum atomic E-state index is -0.843. The van der Waals surface area contributed by atoms with Gasteiger partial charge in [-0.05, 0) is 18.9 Å². The molecule has 2 saturated heterocycles. The zero-order chi connectivity index (χ0) is 13.5. The van der Waals surface area contributed by atoms with Crippen LogP contribution < -0.4 is 10.6 Å². The molecule has 1 aromatic rings. The molecule has 3 heterocycles. The number of likely N-dealkylation sites (tertiary alicyclic amines) is 1. The molecule has 19 heavy (non-hydrogen) atoms. The summed E-state index contributed by atoms with van der Waals surface area (Å²) in [5, 5.41) is 4.90. The van der Waals surface area contributed by atoms with Crippen LogP contribution in [0.2, 0.25) is 0 Å². The average Bonchev–Trinajstić information content (AvgIpc) is 2.99. The SMILES string of the molecule is O=C1NC(=O)C2(CCN(C(=O)c3ccoc3)CC2)N1. The Hall–Kier alpha value is -2.31. The normalized spacial score (nSPS) is 21.4. The summed E-state index contributed by atoms with van der Waals surface area (Å²) in [4.78, 5) is 36.7. The molecule has 0 aromatic carbocycles. The predicted molar refractivity (Wildman–Crippen MR) is 63.3 cm³/mol. The second kappa shape index (κ2) is 4.11. The Bertz CT molecular complexity index is 529. The first-order valence-corrected chi connectivity index (χ1v) is 6.06. The highest BCUT2D eigenvalue weighted by atomic mass is 16.3. The first kappa shape index (κ1) is 11.8. The van der Waals surface area contributed by atoms with E-state index >= 15 is 0 Å². The molecule has 0 unspecified atom stereocenters. The molecule has 0 atom stereocenters. The average molecular weight is 263 g/mol. The van der Waals surface area contributed by atoms with Gasteiger partial charge in [0.25, 0.3) is 11.8 Å². The van der Waals surface area contributed by atoms with Crippen LogP contribution in [0.25, 0.3) is 0 Å². The molecule has 0 bridgehead atoms. The zero-order valence-corrected chi connectivity index (χ0v) is 10.1. The Morgan fingerprint density at radius 1 is 1.32 bits per heavy atom. The quantitative estimate of drug-likeness (QED) is 0.703. The third-order valence-electron chi connectivity index (χ3n) is 3.69. The number of amides is 4. The van der Waals surface area contributed by atoms with Crippen LogP contribution >= 0.6 is 0 Å². The molecule has 3 rings (SSSR count). The summed E-state index contributed by atoms with van der Waals surface area (Å²) >= 11 is 0. The van der Waals surface area contributed by atoms with Crippen molar-refractivity contribution in [2.24, 2.45) is 0 Å². The Kier molecular flexibility index (Phi) is 2.55. The van der Waals surface area contributed by atoms with E-state index in [2.05, 4.69) is 10.6 Å². The van der Waals surface area contributed by atoms with Crippen molar-refractivity contribution >= 4 is 17.8 Å². The topological polar surface area (TPSA) is 91.7 Å². The number of nitrogens with one attached hydrogen (secondary N) is 2. The van der Waals surface area contributed by atoms with Crippen LogP contribution in [0.1, 0.15) is 23.2 Å². The molecule has 2 fully saturated rings. The molecule has 7 heteroatoms. The molecule has 0 aliphatic carbocycles. The van der Waals surface area contributed by atoms with Crippen molar-refractivity contribution < 1.29 is 18.8 Å². The minimum absolute atomic E-state index is 0.117. The van der Waals surface area contributed by atoms with E-state index in [4.69, 9.17) is 4.42 Å². The van der Waals surface area contributed by atoms with Gasteiger partial charge in [0.1, 0.15) is 11.8 Å². The number of hydrogen-bond donors (Lipinski definition) is 2. The second-order valence-corrected chi connectivity index (χ2v) is 4.79. The molecular formula is C12H13N3O4. The van der Waals surface area contributed by atoms with Gasteiger partial charge in [-0.2, -0.15) is 0 Å². The van der Waals surface area contributed by atoms with Gasteiger partial charge in [-0.3, -0.25) is 14.9 Å². The van der Waals surface area contributed by atoms with Gasteiger partial charge in [0, 0.05) is 13.1 Å². The lowest BCUT2D eigenvalue weighted by Gasteiger charge is -2.36. The zero-order valence-electron chi connectivity index (χ0n) is 10.1. The van der Waals surface area contributed by atoms with Crippen LogP contribution in [0.3, 0.4) is 0 Å². The highest BCUT2D eigenvalue weighted by Gasteiger charge is 2.48. The largest absolute Gasteiger partial charge is 0.472 e. The molecule has 0 radical (unpaired) electrons. The van der Waals surface area contributed by atoms with Gasteiger partial charge in [-0.15, -0.1) is 0 Å². The molecule has 7 nitrogen and oxygen atoms in total. The molecular weight excluding hydrogens is 250 g/mol. The fourth-order valence-electron chi connectivity index (χ4n) is 2.54. The maximum Gasteiger partial charge on any atom is 0.322 e. The highest BCUT2D eigenvalue weighted by molar-refractivity contribution is 6.07. The smallest absolute Gasteiger partial charge is 0.322 e. The number of carbonyl (C=O) groups excluding carboxylic acids is 3. The second-order valence-electron chi connectivity index (χ2n) is 4.79. The number of urea groups is 1. The predicted octanol–water partition coefficient (Wildman–Crippen LogP) is 0.0938. The Labute approximate surface area is 108 Å². The van der Waals surface area contributed by atoms with Gasteiger partial charge in [0.05, 0.1) is 11.8 Å². The maximum absolute atomic E-state index is 12.1. The molecule has 2 aliphatic heterocycles. The van der Waals surface area contributed by atoms with Gasteiger partial charge in [-0.1, -0.05) is 0 Å². The maximum atomic E-state index is 12.1. The van der Waals surface area contributed by atoms with Crippen molar-refractivity contribution in [1.82, 2.24) is 15.5 Å². The van der Waals surface area contributed by atoms with Crippen molar-refractivity contribution in [1.29, 1.82) is 0 Å². The third kappa shape index (κ3) is 1.87.